The molecule has 0 radical (unpaired) electrons. The fourth-order valence-corrected chi connectivity index (χ4v) is 2.23. The summed E-state index contributed by atoms with van der Waals surface area (Å²) < 4.78 is 17.5. The number of primary amides is 1. The minimum Gasteiger partial charge on any atom is -0.469 e. The van der Waals surface area contributed by atoms with Crippen LogP contribution in [-0.2, 0) is 30.3 Å². The summed E-state index contributed by atoms with van der Waals surface area (Å²) in [6.07, 6.45) is -0.0432. The Balaban J connectivity index is 2.81. The Hall–Kier alpha value is -2.97. The third kappa shape index (κ3) is 7.29. The second-order valence-electron chi connectivity index (χ2n) is 5.66. The standard InChI is InChI=1S/C17H22FN3O5/c1-10(22)20-14(9-11-3-5-12(18)6-4-11)17(25)21-13(16(19)24)7-8-15(23)26-2/h3-6,13-14H,7-9H2,1-2H3,(H2,19,24)(H,20,22)(H,21,25)/t13-,14+/m0/s1. The van der Waals surface area contributed by atoms with E-state index < -0.39 is 41.6 Å². The maximum Gasteiger partial charge on any atom is 0.305 e. The number of carbonyl (C=O) groups is 4. The van der Waals surface area contributed by atoms with Crippen molar-refractivity contribution >= 4 is 23.7 Å². The summed E-state index contributed by atoms with van der Waals surface area (Å²) in [5.74, 6) is -2.87. The molecule has 142 valence electrons. The van der Waals surface area contributed by atoms with Crippen LogP contribution in [0.1, 0.15) is 25.3 Å². The fraction of sp³-hybridized carbons (Fsp3) is 0.412. The fourth-order valence-electron chi connectivity index (χ4n) is 2.23. The van der Waals surface area contributed by atoms with Crippen LogP contribution in [0.25, 0.3) is 0 Å². The molecule has 1 aromatic rings. The highest BCUT2D eigenvalue weighted by molar-refractivity contribution is 5.91. The molecule has 0 aliphatic carbocycles. The molecule has 0 saturated heterocycles. The van der Waals surface area contributed by atoms with E-state index in [4.69, 9.17) is 5.73 Å². The zero-order valence-electron chi connectivity index (χ0n) is 14.6. The number of amides is 3. The molecule has 9 heteroatoms. The molecule has 8 nitrogen and oxygen atoms in total. The molecule has 2 atom stereocenters. The zero-order valence-corrected chi connectivity index (χ0v) is 14.6. The van der Waals surface area contributed by atoms with Crippen LogP contribution in [0, 0.1) is 5.82 Å². The second-order valence-corrected chi connectivity index (χ2v) is 5.66. The summed E-state index contributed by atoms with van der Waals surface area (Å²) in [5, 5.41) is 4.90. The summed E-state index contributed by atoms with van der Waals surface area (Å²) in [6, 6.07) is 3.37. The lowest BCUT2D eigenvalue weighted by Gasteiger charge is -2.21. The van der Waals surface area contributed by atoms with Gasteiger partial charge in [-0.2, -0.15) is 0 Å². The van der Waals surface area contributed by atoms with Crippen molar-refractivity contribution in [1.82, 2.24) is 10.6 Å². The average molecular weight is 367 g/mol. The van der Waals surface area contributed by atoms with Crippen LogP contribution in [0.5, 0.6) is 0 Å². The molecule has 3 amide bonds. The number of nitrogens with two attached hydrogens (primary N) is 1. The van der Waals surface area contributed by atoms with Crippen LogP contribution in [0.3, 0.4) is 0 Å². The number of esters is 1. The zero-order chi connectivity index (χ0) is 19.7. The van der Waals surface area contributed by atoms with E-state index in [0.717, 1.165) is 0 Å². The maximum absolute atomic E-state index is 13.0. The number of halogens is 1. The van der Waals surface area contributed by atoms with Gasteiger partial charge in [-0.15, -0.1) is 0 Å². The second kappa shape index (κ2) is 10.1. The van der Waals surface area contributed by atoms with E-state index >= 15 is 0 Å². The summed E-state index contributed by atoms with van der Waals surface area (Å²) in [4.78, 5) is 46.5. The summed E-state index contributed by atoms with van der Waals surface area (Å²) in [6.45, 7) is 1.24. The third-order valence-corrected chi connectivity index (χ3v) is 3.57. The van der Waals surface area contributed by atoms with Crippen LogP contribution in [-0.4, -0.2) is 42.9 Å². The first-order chi connectivity index (χ1) is 12.2. The van der Waals surface area contributed by atoms with E-state index in [1.165, 1.54) is 38.3 Å². The Bertz CT molecular complexity index is 663. The lowest BCUT2D eigenvalue weighted by molar-refractivity contribution is -0.141. The van der Waals surface area contributed by atoms with Crippen LogP contribution >= 0.6 is 0 Å². The van der Waals surface area contributed by atoms with Crippen molar-refractivity contribution in [3.8, 4) is 0 Å². The SMILES string of the molecule is COC(=O)CC[C@H](NC(=O)[C@@H](Cc1ccc(F)cc1)NC(C)=O)C(N)=O. The Morgan fingerprint density at radius 2 is 1.73 bits per heavy atom. The average Bonchev–Trinajstić information content (AvgIpc) is 2.58. The Labute approximate surface area is 150 Å². The van der Waals surface area contributed by atoms with Gasteiger partial charge in [0.25, 0.3) is 0 Å². The van der Waals surface area contributed by atoms with E-state index in [2.05, 4.69) is 15.4 Å². The molecular formula is C17H22FN3O5. The van der Waals surface area contributed by atoms with Crippen LogP contribution in [0.2, 0.25) is 0 Å². The first kappa shape index (κ1) is 21.1. The highest BCUT2D eigenvalue weighted by Crippen LogP contribution is 2.07. The molecule has 0 aliphatic rings. The van der Waals surface area contributed by atoms with Crippen molar-refractivity contribution in [3.63, 3.8) is 0 Å². The van der Waals surface area contributed by atoms with Gasteiger partial charge in [-0.1, -0.05) is 12.1 Å². The van der Waals surface area contributed by atoms with Crippen molar-refractivity contribution in [2.24, 2.45) is 5.73 Å². The van der Waals surface area contributed by atoms with E-state index in [-0.39, 0.29) is 19.3 Å². The molecule has 0 aliphatic heterocycles. The smallest absolute Gasteiger partial charge is 0.305 e. The number of rotatable bonds is 9. The summed E-state index contributed by atoms with van der Waals surface area (Å²) in [7, 11) is 1.20. The Morgan fingerprint density at radius 3 is 2.23 bits per heavy atom. The molecule has 4 N–H and O–H groups in total. The molecular weight excluding hydrogens is 345 g/mol. The predicted octanol–water partition coefficient (Wildman–Crippen LogP) is -0.204. The van der Waals surface area contributed by atoms with E-state index in [0.29, 0.717) is 5.56 Å². The van der Waals surface area contributed by atoms with Gasteiger partial charge in [-0.25, -0.2) is 4.39 Å². The summed E-state index contributed by atoms with van der Waals surface area (Å²) >= 11 is 0. The van der Waals surface area contributed by atoms with Gasteiger partial charge in [-0.3, -0.25) is 19.2 Å². The number of benzene rings is 1. The molecule has 1 aromatic carbocycles. The van der Waals surface area contributed by atoms with Crippen molar-refractivity contribution in [1.29, 1.82) is 0 Å². The normalized spacial score (nSPS) is 12.6. The number of nitrogens with one attached hydrogen (secondary N) is 2. The molecule has 0 unspecified atom stereocenters. The van der Waals surface area contributed by atoms with Crippen LogP contribution in [0.4, 0.5) is 4.39 Å². The van der Waals surface area contributed by atoms with Gasteiger partial charge in [0.15, 0.2) is 0 Å². The number of hydrogen-bond acceptors (Lipinski definition) is 5. The molecule has 0 aromatic heterocycles. The van der Waals surface area contributed by atoms with Gasteiger partial charge in [0.2, 0.25) is 17.7 Å². The Morgan fingerprint density at radius 1 is 1.12 bits per heavy atom. The first-order valence-electron chi connectivity index (χ1n) is 7.91. The molecule has 1 rings (SSSR count). The van der Waals surface area contributed by atoms with Gasteiger partial charge < -0.3 is 21.1 Å². The molecule has 0 heterocycles. The third-order valence-electron chi connectivity index (χ3n) is 3.57. The van der Waals surface area contributed by atoms with Crippen molar-refractivity contribution in [2.45, 2.75) is 38.3 Å². The van der Waals surface area contributed by atoms with Gasteiger partial charge >= 0.3 is 5.97 Å². The van der Waals surface area contributed by atoms with Crippen LogP contribution in [0.15, 0.2) is 24.3 Å². The molecule has 26 heavy (non-hydrogen) atoms. The van der Waals surface area contributed by atoms with Gasteiger partial charge in [0, 0.05) is 19.8 Å². The lowest BCUT2D eigenvalue weighted by atomic mass is 10.0. The molecule has 0 bridgehead atoms. The van der Waals surface area contributed by atoms with E-state index in [1.54, 1.807) is 0 Å². The lowest BCUT2D eigenvalue weighted by Crippen LogP contribution is -2.53. The minimum absolute atomic E-state index is 0.0307. The topological polar surface area (TPSA) is 128 Å². The highest BCUT2D eigenvalue weighted by Gasteiger charge is 2.25. The summed E-state index contributed by atoms with van der Waals surface area (Å²) in [5.41, 5.74) is 5.86. The highest BCUT2D eigenvalue weighted by atomic mass is 19.1. The number of carbonyl (C=O) groups excluding carboxylic acids is 4. The number of hydrogen-bond donors (Lipinski definition) is 3. The molecule has 0 spiro atoms. The predicted molar refractivity (Wildman–Crippen MR) is 90.1 cm³/mol. The monoisotopic (exact) mass is 367 g/mol. The van der Waals surface area contributed by atoms with Gasteiger partial charge in [-0.05, 0) is 24.1 Å². The van der Waals surface area contributed by atoms with Gasteiger partial charge in [0.05, 0.1) is 7.11 Å². The van der Waals surface area contributed by atoms with Crippen molar-refractivity contribution in [3.05, 3.63) is 35.6 Å². The minimum atomic E-state index is -1.09. The van der Waals surface area contributed by atoms with E-state index in [1.807, 2.05) is 0 Å². The Kier molecular flexibility index (Phi) is 8.20. The van der Waals surface area contributed by atoms with Gasteiger partial charge in [0.1, 0.15) is 17.9 Å². The van der Waals surface area contributed by atoms with Crippen molar-refractivity contribution in [2.75, 3.05) is 7.11 Å². The first-order valence-corrected chi connectivity index (χ1v) is 7.91. The molecule has 0 fully saturated rings. The largest absolute Gasteiger partial charge is 0.469 e. The molecule has 0 saturated carbocycles. The van der Waals surface area contributed by atoms with Crippen molar-refractivity contribution < 1.29 is 28.3 Å². The maximum atomic E-state index is 13.0. The van der Waals surface area contributed by atoms with E-state index in [9.17, 15) is 23.6 Å². The van der Waals surface area contributed by atoms with Crippen LogP contribution < -0.4 is 16.4 Å². The quantitative estimate of drug-likeness (QED) is 0.521. The number of ether oxygens (including phenoxy) is 1. The number of methoxy groups -OCH3 is 1.